The summed E-state index contributed by atoms with van der Waals surface area (Å²) < 4.78 is 16.5. The highest BCUT2D eigenvalue weighted by Crippen LogP contribution is 2.43. The van der Waals surface area contributed by atoms with E-state index in [-0.39, 0.29) is 18.0 Å². The van der Waals surface area contributed by atoms with Crippen molar-refractivity contribution in [3.05, 3.63) is 89.7 Å². The summed E-state index contributed by atoms with van der Waals surface area (Å²) >= 11 is 0. The van der Waals surface area contributed by atoms with Gasteiger partial charge in [-0.2, -0.15) is 5.10 Å². The Morgan fingerprint density at radius 1 is 0.911 bits per heavy atom. The number of carbonyl (C=O) groups is 2. The molecule has 2 fully saturated rings. The molecule has 14 nitrogen and oxygen atoms in total. The lowest BCUT2D eigenvalue weighted by Gasteiger charge is -2.36. The Labute approximate surface area is 327 Å². The molecule has 4 atom stereocenters. The summed E-state index contributed by atoms with van der Waals surface area (Å²) in [5.41, 5.74) is 3.71. The van der Waals surface area contributed by atoms with E-state index in [1.54, 1.807) is 4.68 Å². The van der Waals surface area contributed by atoms with Crippen LogP contribution in [0.25, 0.3) is 11.3 Å². The normalized spacial score (nSPS) is 20.5. The number of hydroxylamine groups is 2. The van der Waals surface area contributed by atoms with Crippen molar-refractivity contribution in [2.24, 2.45) is 0 Å². The number of anilines is 2. The molecule has 2 amide bonds. The Hall–Kier alpha value is -5.63. The Morgan fingerprint density at radius 3 is 2.45 bits per heavy atom. The number of benzene rings is 2. The summed E-state index contributed by atoms with van der Waals surface area (Å²) in [5.74, 6) is 2.70. The lowest BCUT2D eigenvalue weighted by Crippen LogP contribution is -2.40. The van der Waals surface area contributed by atoms with E-state index >= 15 is 0 Å². The first-order valence-corrected chi connectivity index (χ1v) is 19.6. The van der Waals surface area contributed by atoms with Crippen molar-refractivity contribution in [3.63, 3.8) is 0 Å². The minimum absolute atomic E-state index is 0.289. The van der Waals surface area contributed by atoms with Crippen molar-refractivity contribution in [1.29, 1.82) is 0 Å². The number of aromatic nitrogens is 5. The second kappa shape index (κ2) is 15.5. The first-order valence-electron chi connectivity index (χ1n) is 19.6. The van der Waals surface area contributed by atoms with Gasteiger partial charge >= 0.3 is 12.5 Å². The van der Waals surface area contributed by atoms with Crippen LogP contribution < -0.4 is 19.7 Å². The number of carbonyl (C=O) groups excluding carboxylic acids is 2. The molecule has 14 heteroatoms. The molecule has 56 heavy (non-hydrogen) atoms. The summed E-state index contributed by atoms with van der Waals surface area (Å²) in [5, 5.41) is 18.1. The maximum Gasteiger partial charge on any atom is 0.356 e. The lowest BCUT2D eigenvalue weighted by atomic mass is 9.85. The van der Waals surface area contributed by atoms with Gasteiger partial charge in [-0.25, -0.2) is 9.48 Å². The topological polar surface area (TPSA) is 132 Å². The smallest absolute Gasteiger partial charge is 0.356 e. The van der Waals surface area contributed by atoms with E-state index in [2.05, 4.69) is 50.5 Å². The van der Waals surface area contributed by atoms with Gasteiger partial charge in [0.15, 0.2) is 5.65 Å². The molecule has 0 spiro atoms. The first-order chi connectivity index (χ1) is 27.1. The van der Waals surface area contributed by atoms with Crippen LogP contribution in [0.15, 0.2) is 72.9 Å². The third kappa shape index (κ3) is 7.49. The fourth-order valence-corrected chi connectivity index (χ4v) is 8.37. The van der Waals surface area contributed by atoms with Gasteiger partial charge in [-0.1, -0.05) is 51.1 Å². The van der Waals surface area contributed by atoms with Gasteiger partial charge in [0.25, 0.3) is 0 Å². The third-order valence-electron chi connectivity index (χ3n) is 11.2. The number of ether oxygens (including phenoxy) is 2. The molecule has 294 valence electrons. The zero-order chi connectivity index (χ0) is 39.0. The van der Waals surface area contributed by atoms with Crippen molar-refractivity contribution in [3.8, 4) is 17.2 Å². The predicted octanol–water partition coefficient (Wildman–Crippen LogP) is 7.25. The minimum Gasteiger partial charge on any atom is -0.492 e. The molecule has 2 aromatic carbocycles. The van der Waals surface area contributed by atoms with Crippen LogP contribution >= 0.6 is 0 Å². The molecule has 1 N–H and O–H groups in total. The maximum absolute atomic E-state index is 14.2. The number of likely N-dealkylation sites (N-methyl/N-ethyl adjacent to an activating group) is 1. The zero-order valence-electron chi connectivity index (χ0n) is 32.8. The maximum atomic E-state index is 14.2. The van der Waals surface area contributed by atoms with Crippen molar-refractivity contribution in [1.82, 2.24) is 34.3 Å². The van der Waals surface area contributed by atoms with Crippen LogP contribution in [0.5, 0.6) is 11.5 Å². The molecule has 2 aliphatic heterocycles. The number of nitrogens with one attached hydrogen (secondary N) is 1. The number of hydrogen-bond acceptors (Lipinski definition) is 10. The predicted molar refractivity (Wildman–Crippen MR) is 212 cm³/mol. The summed E-state index contributed by atoms with van der Waals surface area (Å²) in [6.07, 6.45) is 8.78. The van der Waals surface area contributed by atoms with Crippen LogP contribution in [0, 0.1) is 0 Å². The molecule has 2 unspecified atom stereocenters. The van der Waals surface area contributed by atoms with Crippen LogP contribution in [0.2, 0.25) is 0 Å². The molecule has 0 radical (unpaired) electrons. The van der Waals surface area contributed by atoms with Gasteiger partial charge in [0.1, 0.15) is 30.0 Å². The van der Waals surface area contributed by atoms with E-state index in [1.165, 1.54) is 32.1 Å². The van der Waals surface area contributed by atoms with Crippen LogP contribution in [0.4, 0.5) is 16.6 Å². The SMILES string of the molecule is CN(C)CCOc1cccc(-n2nc(C(C)(C)C)cc2NC(=O)N(OC=O)[C@H]2CC[C@@H](Oc3ccc4nnc(N5C6CCCC5CC6)n4c3)c3ccccc32)c1. The second-order valence-electron chi connectivity index (χ2n) is 16.3. The van der Waals surface area contributed by atoms with Crippen molar-refractivity contribution in [2.75, 3.05) is 37.5 Å². The molecule has 8 rings (SSSR count). The van der Waals surface area contributed by atoms with Gasteiger partial charge in [0, 0.05) is 36.2 Å². The quantitative estimate of drug-likeness (QED) is 0.102. The van der Waals surface area contributed by atoms with Gasteiger partial charge in [-0.15, -0.1) is 15.3 Å². The highest BCUT2D eigenvalue weighted by Gasteiger charge is 2.39. The number of urea groups is 1. The number of pyridine rings is 1. The van der Waals surface area contributed by atoms with Gasteiger partial charge in [0.05, 0.1) is 23.6 Å². The van der Waals surface area contributed by atoms with E-state index in [0.29, 0.717) is 54.5 Å². The van der Waals surface area contributed by atoms with E-state index in [1.807, 2.05) is 87.0 Å². The molecule has 2 saturated heterocycles. The van der Waals surface area contributed by atoms with E-state index in [0.717, 1.165) is 40.0 Å². The standard InChI is InChI=1S/C42H51N9O5/c1-42(2,3)37-25-39(50(46-37)30-12-9-13-31(24-30)54-23-22-47(4)5)43-41(53)51(55-27-52)35-19-20-36(34-15-7-6-14-33(34)35)56-32-18-21-38-44-45-40(48(38)26-32)49-28-10-8-11-29(49)17-16-28/h6-7,9,12-15,18,21,24-29,35-36H,8,10-11,16-17,19-20,22-23H2,1-5H3,(H,43,53)/t28?,29?,35-,36+/m0/s1. The Bertz CT molecular complexity index is 2180. The van der Waals surface area contributed by atoms with Gasteiger partial charge in [-0.05, 0) is 94.4 Å². The molecule has 2 bridgehead atoms. The molecule has 5 heterocycles. The number of hydrogen-bond donors (Lipinski definition) is 1. The van der Waals surface area contributed by atoms with Crippen LogP contribution in [-0.2, 0) is 15.0 Å². The highest BCUT2D eigenvalue weighted by molar-refractivity contribution is 5.89. The summed E-state index contributed by atoms with van der Waals surface area (Å²) in [6, 6.07) is 21.0. The van der Waals surface area contributed by atoms with Gasteiger partial charge in [-0.3, -0.25) is 14.5 Å². The molecular formula is C42H51N9O5. The number of piperidine rings is 1. The largest absolute Gasteiger partial charge is 0.492 e. The molecule has 3 aromatic heterocycles. The molecule has 0 saturated carbocycles. The number of amides is 2. The summed E-state index contributed by atoms with van der Waals surface area (Å²) in [7, 11) is 3.99. The second-order valence-corrected chi connectivity index (χ2v) is 16.3. The van der Waals surface area contributed by atoms with E-state index < -0.39 is 12.1 Å². The van der Waals surface area contributed by atoms with E-state index in [9.17, 15) is 9.59 Å². The highest BCUT2D eigenvalue weighted by atomic mass is 16.7. The third-order valence-corrected chi connectivity index (χ3v) is 11.2. The molecule has 1 aliphatic carbocycles. The van der Waals surface area contributed by atoms with Crippen molar-refractivity contribution < 1.29 is 23.9 Å². The van der Waals surface area contributed by atoms with Crippen LogP contribution in [-0.4, -0.2) is 86.2 Å². The van der Waals surface area contributed by atoms with Crippen molar-refractivity contribution in [2.45, 2.75) is 95.4 Å². The van der Waals surface area contributed by atoms with E-state index in [4.69, 9.17) is 19.4 Å². The van der Waals surface area contributed by atoms with Gasteiger partial charge < -0.3 is 24.1 Å². The Kier molecular flexibility index (Phi) is 10.3. The lowest BCUT2D eigenvalue weighted by molar-refractivity contribution is -0.169. The number of fused-ring (bicyclic) bond motifs is 4. The van der Waals surface area contributed by atoms with Crippen LogP contribution in [0.1, 0.15) is 94.7 Å². The fraction of sp³-hybridized carbons (Fsp3) is 0.452. The fourth-order valence-electron chi connectivity index (χ4n) is 8.37. The van der Waals surface area contributed by atoms with Crippen LogP contribution in [0.3, 0.4) is 0 Å². The molecule has 5 aromatic rings. The number of rotatable bonds is 12. The number of nitrogens with zero attached hydrogens (tertiary/aromatic N) is 8. The first kappa shape index (κ1) is 37.3. The Morgan fingerprint density at radius 2 is 1.70 bits per heavy atom. The molecular weight excluding hydrogens is 711 g/mol. The average molecular weight is 762 g/mol. The molecule has 3 aliphatic rings. The zero-order valence-corrected chi connectivity index (χ0v) is 32.8. The monoisotopic (exact) mass is 761 g/mol. The Balaban J connectivity index is 1.04. The summed E-state index contributed by atoms with van der Waals surface area (Å²) in [6.45, 7) is 7.77. The minimum atomic E-state index is -0.603. The van der Waals surface area contributed by atoms with Gasteiger partial charge in [0.2, 0.25) is 5.95 Å². The van der Waals surface area contributed by atoms with Crippen molar-refractivity contribution >= 4 is 29.9 Å². The summed E-state index contributed by atoms with van der Waals surface area (Å²) in [4.78, 5) is 36.2. The average Bonchev–Trinajstić information content (AvgIpc) is 3.86.